The summed E-state index contributed by atoms with van der Waals surface area (Å²) in [6, 6.07) is 7.37. The number of nitrogens with zero attached hydrogens (tertiary/aromatic N) is 1. The van der Waals surface area contributed by atoms with E-state index in [9.17, 15) is 13.0 Å². The van der Waals surface area contributed by atoms with Crippen molar-refractivity contribution in [2.24, 2.45) is 0 Å². The predicted molar refractivity (Wildman–Crippen MR) is 63.9 cm³/mol. The molecule has 0 saturated heterocycles. The van der Waals surface area contributed by atoms with E-state index in [1.165, 1.54) is 11.8 Å². The fourth-order valence-electron chi connectivity index (χ4n) is 1.31. The van der Waals surface area contributed by atoms with Crippen molar-refractivity contribution in [1.29, 1.82) is 0 Å². The second kappa shape index (κ2) is 6.93. The molecule has 2 rings (SSSR count). The molecule has 0 atom stereocenters. The Morgan fingerprint density at radius 3 is 2.72 bits per heavy atom. The van der Waals surface area contributed by atoms with Crippen molar-refractivity contribution in [3.8, 4) is 0 Å². The van der Waals surface area contributed by atoms with Gasteiger partial charge in [-0.1, -0.05) is 23.9 Å². The third kappa shape index (κ3) is 4.91. The molecule has 0 spiro atoms. The minimum Gasteiger partial charge on any atom is -0.748 e. The monoisotopic (exact) mass is 295 g/mol. The van der Waals surface area contributed by atoms with Gasteiger partial charge in [0.1, 0.15) is 5.52 Å². The molecule has 1 heterocycles. The summed E-state index contributed by atoms with van der Waals surface area (Å²) in [7, 11) is -4.12. The van der Waals surface area contributed by atoms with Gasteiger partial charge in [0.05, 0.1) is 10.1 Å². The van der Waals surface area contributed by atoms with Gasteiger partial charge in [-0.2, -0.15) is 0 Å². The summed E-state index contributed by atoms with van der Waals surface area (Å²) >= 11 is 1.31. The van der Waals surface area contributed by atoms with Crippen LogP contribution in [0, 0.1) is 0 Å². The summed E-state index contributed by atoms with van der Waals surface area (Å²) < 4.78 is 36.6. The number of para-hydroxylation sites is 2. The molecule has 92 valence electrons. The van der Waals surface area contributed by atoms with Crippen LogP contribution in [0.3, 0.4) is 0 Å². The number of benzene rings is 1. The largest absolute Gasteiger partial charge is 1.00 e. The molecule has 5 nitrogen and oxygen atoms in total. The molecular weight excluding hydrogens is 285 g/mol. The van der Waals surface area contributed by atoms with E-state index in [-0.39, 0.29) is 35.3 Å². The van der Waals surface area contributed by atoms with Crippen LogP contribution in [0.1, 0.15) is 6.42 Å². The molecule has 0 aliphatic heterocycles. The third-order valence-electron chi connectivity index (χ3n) is 2.04. The van der Waals surface area contributed by atoms with Crippen molar-refractivity contribution in [1.82, 2.24) is 4.98 Å². The average molecular weight is 295 g/mol. The fourth-order valence-corrected chi connectivity index (χ4v) is 2.76. The minimum atomic E-state index is -4.12. The standard InChI is InChI=1S/C10H11NO4S2.Na/c12-17(13,14)7-3-6-16-10-11-8-4-1-2-5-9(8)15-10;/h1-2,4-5H,3,6-7H2,(H,12,13,14);/q;+1/p-1. The van der Waals surface area contributed by atoms with E-state index in [0.717, 1.165) is 5.52 Å². The van der Waals surface area contributed by atoms with E-state index in [1.807, 2.05) is 24.3 Å². The third-order valence-corrected chi connectivity index (χ3v) is 3.74. The van der Waals surface area contributed by atoms with Crippen LogP contribution in [-0.4, -0.2) is 29.5 Å². The number of thioether (sulfide) groups is 1. The molecule has 0 unspecified atom stereocenters. The van der Waals surface area contributed by atoms with Gasteiger partial charge in [-0.15, -0.1) is 0 Å². The molecule has 0 aliphatic carbocycles. The maximum Gasteiger partial charge on any atom is 1.00 e. The number of oxazole rings is 1. The van der Waals surface area contributed by atoms with Crippen LogP contribution in [0.15, 0.2) is 33.9 Å². The molecule has 0 N–H and O–H groups in total. The number of rotatable bonds is 5. The normalized spacial score (nSPS) is 11.4. The number of hydrogen-bond donors (Lipinski definition) is 0. The summed E-state index contributed by atoms with van der Waals surface area (Å²) in [4.78, 5) is 4.22. The van der Waals surface area contributed by atoms with Gasteiger partial charge in [-0.05, 0) is 18.6 Å². The van der Waals surface area contributed by atoms with Crippen LogP contribution >= 0.6 is 11.8 Å². The Labute approximate surface area is 131 Å². The zero-order valence-corrected chi connectivity index (χ0v) is 13.5. The molecule has 0 radical (unpaired) electrons. The Morgan fingerprint density at radius 1 is 1.33 bits per heavy atom. The van der Waals surface area contributed by atoms with Crippen LogP contribution in [-0.2, 0) is 10.1 Å². The number of hydrogen-bond acceptors (Lipinski definition) is 6. The second-order valence-electron chi connectivity index (χ2n) is 3.41. The zero-order valence-electron chi connectivity index (χ0n) is 9.83. The first-order chi connectivity index (χ1) is 8.04. The zero-order chi connectivity index (χ0) is 12.3. The topological polar surface area (TPSA) is 83.2 Å². The van der Waals surface area contributed by atoms with Crippen LogP contribution in [0.5, 0.6) is 0 Å². The summed E-state index contributed by atoms with van der Waals surface area (Å²) in [5.41, 5.74) is 1.47. The predicted octanol–water partition coefficient (Wildman–Crippen LogP) is -1.14. The van der Waals surface area contributed by atoms with Crippen molar-refractivity contribution < 1.29 is 46.9 Å². The van der Waals surface area contributed by atoms with E-state index >= 15 is 0 Å². The molecule has 0 amide bonds. The summed E-state index contributed by atoms with van der Waals surface area (Å²) in [5.74, 6) is 0.147. The fraction of sp³-hybridized carbons (Fsp3) is 0.300. The minimum absolute atomic E-state index is 0. The van der Waals surface area contributed by atoms with E-state index < -0.39 is 10.1 Å². The van der Waals surface area contributed by atoms with Gasteiger partial charge >= 0.3 is 29.6 Å². The summed E-state index contributed by atoms with van der Waals surface area (Å²) in [5, 5.41) is 0.495. The van der Waals surface area contributed by atoms with Crippen LogP contribution in [0.2, 0.25) is 0 Å². The summed E-state index contributed by atoms with van der Waals surface area (Å²) in [6.45, 7) is 0. The smallest absolute Gasteiger partial charge is 0.748 e. The first-order valence-corrected chi connectivity index (χ1v) is 7.53. The second-order valence-corrected chi connectivity index (χ2v) is 5.98. The first-order valence-electron chi connectivity index (χ1n) is 4.96. The average Bonchev–Trinajstić information content (AvgIpc) is 2.65. The van der Waals surface area contributed by atoms with Crippen molar-refractivity contribution in [3.05, 3.63) is 24.3 Å². The quantitative estimate of drug-likeness (QED) is 0.300. The first kappa shape index (κ1) is 16.0. The van der Waals surface area contributed by atoms with Gasteiger partial charge in [-0.25, -0.2) is 13.4 Å². The Hall–Kier alpha value is -0.0500. The van der Waals surface area contributed by atoms with Gasteiger partial charge in [-0.3, -0.25) is 0 Å². The Bertz CT molecular complexity index is 578. The Kier molecular flexibility index (Phi) is 6.16. The molecular formula is C10H10NNaO4S2. The van der Waals surface area contributed by atoms with E-state index in [1.54, 1.807) is 0 Å². The maximum absolute atomic E-state index is 10.4. The number of aromatic nitrogens is 1. The molecule has 1 aromatic heterocycles. The Morgan fingerprint density at radius 2 is 2.06 bits per heavy atom. The van der Waals surface area contributed by atoms with Crippen molar-refractivity contribution in [3.63, 3.8) is 0 Å². The van der Waals surface area contributed by atoms with Gasteiger partial charge < -0.3 is 8.97 Å². The van der Waals surface area contributed by atoms with E-state index in [0.29, 0.717) is 23.0 Å². The molecule has 0 bridgehead atoms. The summed E-state index contributed by atoms with van der Waals surface area (Å²) in [6.07, 6.45) is 0.301. The number of fused-ring (bicyclic) bond motifs is 1. The Balaban J connectivity index is 0.00000162. The molecule has 18 heavy (non-hydrogen) atoms. The van der Waals surface area contributed by atoms with Gasteiger partial charge in [0.2, 0.25) is 0 Å². The molecule has 8 heteroatoms. The van der Waals surface area contributed by atoms with Gasteiger partial charge in [0, 0.05) is 11.5 Å². The van der Waals surface area contributed by atoms with Gasteiger partial charge in [0.15, 0.2) is 5.58 Å². The van der Waals surface area contributed by atoms with Crippen molar-refractivity contribution >= 4 is 33.0 Å². The molecule has 0 fully saturated rings. The van der Waals surface area contributed by atoms with Crippen molar-refractivity contribution in [2.75, 3.05) is 11.5 Å². The molecule has 0 saturated carbocycles. The van der Waals surface area contributed by atoms with Crippen LogP contribution in [0.4, 0.5) is 0 Å². The van der Waals surface area contributed by atoms with E-state index in [4.69, 9.17) is 4.42 Å². The van der Waals surface area contributed by atoms with Crippen LogP contribution in [0.25, 0.3) is 11.1 Å². The molecule has 2 aromatic rings. The van der Waals surface area contributed by atoms with Crippen LogP contribution < -0.4 is 29.6 Å². The van der Waals surface area contributed by atoms with E-state index in [2.05, 4.69) is 4.98 Å². The maximum atomic E-state index is 10.4. The molecule has 0 aliphatic rings. The van der Waals surface area contributed by atoms with Gasteiger partial charge in [0.25, 0.3) is 5.22 Å². The SMILES string of the molecule is O=S(=O)([O-])CCCSc1nc2ccccc2o1.[Na+]. The molecule has 1 aromatic carbocycles. The van der Waals surface area contributed by atoms with Crippen molar-refractivity contribution in [2.45, 2.75) is 11.6 Å².